The molecule has 2 aromatic rings. The number of amidine groups is 1. The Morgan fingerprint density at radius 2 is 2.08 bits per heavy atom. The van der Waals surface area contributed by atoms with Crippen molar-refractivity contribution in [1.82, 2.24) is 4.90 Å². The molecule has 24 heavy (non-hydrogen) atoms. The highest BCUT2D eigenvalue weighted by atomic mass is 35.5. The molecule has 1 fully saturated rings. The Hall–Kier alpha value is -1.56. The molecule has 1 aliphatic rings. The summed E-state index contributed by atoms with van der Waals surface area (Å²) in [5, 5.41) is 5.56. The summed E-state index contributed by atoms with van der Waals surface area (Å²) in [5.74, 6) is 0.986. The van der Waals surface area contributed by atoms with Gasteiger partial charge in [-0.3, -0.25) is 4.90 Å². The first-order chi connectivity index (χ1) is 11.7. The number of hydrogen-bond donors (Lipinski definition) is 1. The predicted octanol–water partition coefficient (Wildman–Crippen LogP) is 5.55. The van der Waals surface area contributed by atoms with E-state index in [2.05, 4.69) is 17.1 Å². The first-order valence-corrected chi connectivity index (χ1v) is 9.57. The van der Waals surface area contributed by atoms with E-state index < -0.39 is 0 Å². The smallest absolute Gasteiger partial charge is 0.179 e. The van der Waals surface area contributed by atoms with E-state index >= 15 is 0 Å². The van der Waals surface area contributed by atoms with E-state index in [0.29, 0.717) is 16.2 Å². The highest BCUT2D eigenvalue weighted by Gasteiger charge is 2.32. The molecule has 1 saturated heterocycles. The fraction of sp³-hybridized carbons (Fsp3) is 0.222. The molecule has 1 atom stereocenters. The molecule has 0 bridgehead atoms. The molecule has 0 aliphatic carbocycles. The minimum atomic E-state index is 0.344. The van der Waals surface area contributed by atoms with Gasteiger partial charge in [-0.2, -0.15) is 0 Å². The lowest BCUT2D eigenvalue weighted by Crippen LogP contribution is -2.41. The number of thiocarbonyl (C=S) groups is 1. The van der Waals surface area contributed by atoms with Gasteiger partial charge in [-0.05, 0) is 49.0 Å². The second-order valence-corrected chi connectivity index (χ2v) is 7.22. The van der Waals surface area contributed by atoms with Crippen LogP contribution in [-0.4, -0.2) is 27.0 Å². The lowest BCUT2D eigenvalue weighted by Gasteiger charge is -2.26. The average Bonchev–Trinajstić information content (AvgIpc) is 2.98. The number of para-hydroxylation sites is 1. The summed E-state index contributed by atoms with van der Waals surface area (Å²) in [6.45, 7) is 2.17. The summed E-state index contributed by atoms with van der Waals surface area (Å²) in [7, 11) is 0. The van der Waals surface area contributed by atoms with Gasteiger partial charge in [0.05, 0.1) is 5.69 Å². The van der Waals surface area contributed by atoms with E-state index in [0.717, 1.165) is 28.7 Å². The van der Waals surface area contributed by atoms with Crippen molar-refractivity contribution in [3.05, 3.63) is 59.6 Å². The van der Waals surface area contributed by atoms with E-state index in [4.69, 9.17) is 28.8 Å². The van der Waals surface area contributed by atoms with Crippen molar-refractivity contribution in [2.24, 2.45) is 4.99 Å². The molecule has 0 amide bonds. The van der Waals surface area contributed by atoms with Crippen LogP contribution in [0.2, 0.25) is 5.02 Å². The lowest BCUT2D eigenvalue weighted by molar-refractivity contribution is 0.483. The summed E-state index contributed by atoms with van der Waals surface area (Å²) in [5.41, 5.74) is 1.82. The van der Waals surface area contributed by atoms with Gasteiger partial charge in [0.15, 0.2) is 10.3 Å². The lowest BCUT2D eigenvalue weighted by atomic mass is 10.2. The molecule has 1 N–H and O–H groups in total. The van der Waals surface area contributed by atoms with E-state index in [9.17, 15) is 0 Å². The number of anilines is 1. The van der Waals surface area contributed by atoms with Gasteiger partial charge < -0.3 is 5.32 Å². The van der Waals surface area contributed by atoms with Crippen molar-refractivity contribution in [1.29, 1.82) is 0 Å². The van der Waals surface area contributed by atoms with Crippen LogP contribution >= 0.6 is 35.6 Å². The van der Waals surface area contributed by atoms with Crippen molar-refractivity contribution in [3.63, 3.8) is 0 Å². The number of nitrogens with zero attached hydrogens (tertiary/aromatic N) is 2. The monoisotopic (exact) mass is 375 g/mol. The van der Waals surface area contributed by atoms with Gasteiger partial charge in [0, 0.05) is 22.5 Å². The molecule has 1 unspecified atom stereocenters. The first-order valence-electron chi connectivity index (χ1n) is 7.79. The maximum Gasteiger partial charge on any atom is 0.179 e. The molecular formula is C18H18ClN3S2. The maximum atomic E-state index is 6.06. The van der Waals surface area contributed by atoms with Crippen LogP contribution in [0.25, 0.3) is 0 Å². The molecule has 2 aromatic carbocycles. The van der Waals surface area contributed by atoms with Crippen LogP contribution in [0.3, 0.4) is 0 Å². The SMILES string of the molecule is CCC1CS/C(=N/c2ccccc2)N1C(=S)Nc1cccc(Cl)c1. The minimum Gasteiger partial charge on any atom is -0.332 e. The van der Waals surface area contributed by atoms with Crippen molar-refractivity contribution < 1.29 is 0 Å². The van der Waals surface area contributed by atoms with Gasteiger partial charge in [-0.15, -0.1) is 0 Å². The topological polar surface area (TPSA) is 27.6 Å². The summed E-state index contributed by atoms with van der Waals surface area (Å²) in [4.78, 5) is 6.89. The fourth-order valence-corrected chi connectivity index (χ4v) is 4.35. The van der Waals surface area contributed by atoms with Gasteiger partial charge in [-0.1, -0.05) is 54.6 Å². The van der Waals surface area contributed by atoms with Gasteiger partial charge in [0.1, 0.15) is 0 Å². The highest BCUT2D eigenvalue weighted by Crippen LogP contribution is 2.29. The molecular weight excluding hydrogens is 358 g/mol. The standard InChI is InChI=1S/C18H18ClN3S2/c1-2-16-12-24-18(21-14-8-4-3-5-9-14)22(16)17(23)20-15-10-6-7-13(19)11-15/h3-11,16H,2,12H2,1H3,(H,20,23)/b21-18+. The Balaban J connectivity index is 1.83. The highest BCUT2D eigenvalue weighted by molar-refractivity contribution is 8.14. The number of benzene rings is 2. The fourth-order valence-electron chi connectivity index (χ4n) is 2.47. The maximum absolute atomic E-state index is 6.06. The third-order valence-electron chi connectivity index (χ3n) is 3.72. The van der Waals surface area contributed by atoms with Crippen LogP contribution in [0.4, 0.5) is 11.4 Å². The second-order valence-electron chi connectivity index (χ2n) is 5.41. The summed E-state index contributed by atoms with van der Waals surface area (Å²) in [6, 6.07) is 17.9. The zero-order chi connectivity index (χ0) is 16.9. The number of nitrogens with one attached hydrogen (secondary N) is 1. The number of halogens is 1. The Bertz CT molecular complexity index is 749. The zero-order valence-corrected chi connectivity index (χ0v) is 15.7. The molecule has 0 radical (unpaired) electrons. The van der Waals surface area contributed by atoms with Gasteiger partial charge in [0.25, 0.3) is 0 Å². The van der Waals surface area contributed by atoms with Gasteiger partial charge >= 0.3 is 0 Å². The molecule has 1 heterocycles. The Morgan fingerprint density at radius 3 is 2.79 bits per heavy atom. The van der Waals surface area contributed by atoms with Crippen molar-refractivity contribution >= 4 is 57.2 Å². The second kappa shape index (κ2) is 8.01. The third kappa shape index (κ3) is 4.09. The minimum absolute atomic E-state index is 0.344. The van der Waals surface area contributed by atoms with Crippen molar-refractivity contribution in [3.8, 4) is 0 Å². The number of thioether (sulfide) groups is 1. The summed E-state index contributed by atoms with van der Waals surface area (Å²) >= 11 is 13.5. The summed E-state index contributed by atoms with van der Waals surface area (Å²) in [6.07, 6.45) is 1.01. The van der Waals surface area contributed by atoms with E-state index in [1.807, 2.05) is 54.6 Å². The van der Waals surface area contributed by atoms with E-state index in [-0.39, 0.29) is 0 Å². The van der Waals surface area contributed by atoms with Crippen LogP contribution < -0.4 is 5.32 Å². The van der Waals surface area contributed by atoms with E-state index in [1.165, 1.54) is 0 Å². The van der Waals surface area contributed by atoms with Crippen LogP contribution in [-0.2, 0) is 0 Å². The Kier molecular flexibility index (Phi) is 5.76. The molecule has 0 saturated carbocycles. The summed E-state index contributed by atoms with van der Waals surface area (Å²) < 4.78 is 0. The number of hydrogen-bond acceptors (Lipinski definition) is 3. The van der Waals surface area contributed by atoms with Crippen LogP contribution in [0, 0.1) is 0 Å². The molecule has 0 spiro atoms. The molecule has 3 rings (SSSR count). The van der Waals surface area contributed by atoms with Crippen LogP contribution in [0.1, 0.15) is 13.3 Å². The first kappa shape index (κ1) is 17.3. The number of rotatable bonds is 3. The molecule has 0 aromatic heterocycles. The van der Waals surface area contributed by atoms with E-state index in [1.54, 1.807) is 11.8 Å². The van der Waals surface area contributed by atoms with Crippen molar-refractivity contribution in [2.45, 2.75) is 19.4 Å². The molecule has 124 valence electrons. The quantitative estimate of drug-likeness (QED) is 0.711. The average molecular weight is 376 g/mol. The molecule has 3 nitrogen and oxygen atoms in total. The zero-order valence-electron chi connectivity index (χ0n) is 13.3. The molecule has 1 aliphatic heterocycles. The Labute approximate surface area is 157 Å². The van der Waals surface area contributed by atoms with Crippen LogP contribution in [0.5, 0.6) is 0 Å². The normalized spacial score (nSPS) is 18.8. The Morgan fingerprint density at radius 1 is 1.29 bits per heavy atom. The third-order valence-corrected chi connectivity index (χ3v) is 5.35. The van der Waals surface area contributed by atoms with Crippen LogP contribution in [0.15, 0.2) is 59.6 Å². The molecule has 6 heteroatoms. The predicted molar refractivity (Wildman–Crippen MR) is 110 cm³/mol. The number of aliphatic imine (C=N–C) groups is 1. The van der Waals surface area contributed by atoms with Crippen molar-refractivity contribution in [2.75, 3.05) is 11.1 Å². The van der Waals surface area contributed by atoms with Gasteiger partial charge in [-0.25, -0.2) is 4.99 Å². The largest absolute Gasteiger partial charge is 0.332 e. The van der Waals surface area contributed by atoms with Gasteiger partial charge in [0.2, 0.25) is 0 Å².